The summed E-state index contributed by atoms with van der Waals surface area (Å²) in [6.07, 6.45) is 3.93. The molecule has 1 unspecified atom stereocenters. The van der Waals surface area contributed by atoms with Gasteiger partial charge in [0.15, 0.2) is 5.13 Å². The number of aliphatic hydroxyl groups excluding tert-OH is 1. The van der Waals surface area contributed by atoms with E-state index in [2.05, 4.69) is 9.97 Å². The predicted octanol–water partition coefficient (Wildman–Crippen LogP) is 4.05. The molecular weight excluding hydrogens is 470 g/mol. The molecule has 4 rings (SSSR count). The van der Waals surface area contributed by atoms with Crippen LogP contribution >= 0.6 is 11.3 Å². The topological polar surface area (TPSA) is 119 Å². The lowest BCUT2D eigenvalue weighted by Gasteiger charge is -2.22. The lowest BCUT2D eigenvalue weighted by Crippen LogP contribution is -2.29. The second kappa shape index (κ2) is 10.1. The molecule has 0 saturated carbocycles. The molecule has 1 N–H and O–H groups in total. The van der Waals surface area contributed by atoms with Crippen molar-refractivity contribution in [1.82, 2.24) is 9.97 Å². The molecule has 10 heteroatoms. The number of benzene rings is 1. The highest BCUT2D eigenvalue weighted by Gasteiger charge is 2.48. The summed E-state index contributed by atoms with van der Waals surface area (Å²) in [6, 6.07) is 9.00. The zero-order chi connectivity index (χ0) is 25.1. The van der Waals surface area contributed by atoms with Gasteiger partial charge in [0.2, 0.25) is 0 Å². The van der Waals surface area contributed by atoms with Crippen LogP contribution in [0.5, 0.6) is 5.75 Å². The number of aliphatic hydroxyl groups is 1. The van der Waals surface area contributed by atoms with Crippen LogP contribution in [0.3, 0.4) is 0 Å². The van der Waals surface area contributed by atoms with Crippen LogP contribution in [0.25, 0.3) is 5.76 Å². The molecule has 1 fully saturated rings. The quantitative estimate of drug-likeness (QED) is 0.227. The number of aromatic nitrogens is 2. The summed E-state index contributed by atoms with van der Waals surface area (Å²) >= 11 is 0.939. The predicted molar refractivity (Wildman–Crippen MR) is 129 cm³/mol. The maximum Gasteiger partial charge on any atom is 0.350 e. The van der Waals surface area contributed by atoms with Crippen molar-refractivity contribution in [3.05, 3.63) is 76.1 Å². The number of hydrogen-bond acceptors (Lipinski definition) is 9. The van der Waals surface area contributed by atoms with Gasteiger partial charge in [0.1, 0.15) is 16.4 Å². The summed E-state index contributed by atoms with van der Waals surface area (Å²) in [5.74, 6) is -2.03. The Balaban J connectivity index is 1.84. The number of esters is 1. The van der Waals surface area contributed by atoms with Gasteiger partial charge < -0.3 is 14.6 Å². The van der Waals surface area contributed by atoms with Gasteiger partial charge in [-0.25, -0.2) is 9.78 Å². The fourth-order valence-corrected chi connectivity index (χ4v) is 4.75. The van der Waals surface area contributed by atoms with E-state index >= 15 is 0 Å². The average molecular weight is 494 g/mol. The van der Waals surface area contributed by atoms with Crippen molar-refractivity contribution in [3.63, 3.8) is 0 Å². The van der Waals surface area contributed by atoms with E-state index in [1.807, 2.05) is 6.92 Å². The Hall–Kier alpha value is -4.05. The molecule has 1 aromatic carbocycles. The van der Waals surface area contributed by atoms with Crippen LogP contribution in [0.2, 0.25) is 0 Å². The number of ether oxygens (including phenoxy) is 2. The van der Waals surface area contributed by atoms with Gasteiger partial charge in [-0.1, -0.05) is 24.3 Å². The van der Waals surface area contributed by atoms with E-state index in [1.54, 1.807) is 49.5 Å². The van der Waals surface area contributed by atoms with Gasteiger partial charge in [0.05, 0.1) is 31.0 Å². The highest BCUT2D eigenvalue weighted by Crippen LogP contribution is 2.43. The van der Waals surface area contributed by atoms with Crippen LogP contribution in [0.15, 0.2) is 54.4 Å². The van der Waals surface area contributed by atoms with E-state index in [4.69, 9.17) is 9.47 Å². The number of nitrogens with zero attached hydrogens (tertiary/aromatic N) is 3. The summed E-state index contributed by atoms with van der Waals surface area (Å²) in [7, 11) is 1.25. The first-order valence-electron chi connectivity index (χ1n) is 10.9. The number of Topliss-reactive ketones (excluding diaryl/α,β-unsaturated/α-hetero) is 1. The minimum absolute atomic E-state index is 0.0994. The Morgan fingerprint density at radius 2 is 1.94 bits per heavy atom. The minimum Gasteiger partial charge on any atom is -0.507 e. The van der Waals surface area contributed by atoms with Crippen LogP contribution < -0.4 is 9.64 Å². The molecule has 3 heterocycles. The number of pyridine rings is 1. The van der Waals surface area contributed by atoms with E-state index in [1.165, 1.54) is 18.2 Å². The Morgan fingerprint density at radius 1 is 1.20 bits per heavy atom. The first-order chi connectivity index (χ1) is 16.9. The van der Waals surface area contributed by atoms with Gasteiger partial charge >= 0.3 is 11.9 Å². The van der Waals surface area contributed by atoms with Crippen molar-refractivity contribution in [2.24, 2.45) is 0 Å². The molecule has 9 nitrogen and oxygen atoms in total. The maximum atomic E-state index is 13.2. The number of thiazole rings is 1. The molecular formula is C25H23N3O6S. The molecule has 0 spiro atoms. The van der Waals surface area contributed by atoms with E-state index in [-0.39, 0.29) is 21.3 Å². The third-order valence-electron chi connectivity index (χ3n) is 5.41. The Bertz CT molecular complexity index is 1300. The number of amides is 1. The number of carbonyl (C=O) groups is 3. The smallest absolute Gasteiger partial charge is 0.350 e. The average Bonchev–Trinajstić information content (AvgIpc) is 3.39. The fourth-order valence-electron chi connectivity index (χ4n) is 3.73. The first-order valence-corrected chi connectivity index (χ1v) is 11.7. The van der Waals surface area contributed by atoms with E-state index < -0.39 is 23.7 Å². The van der Waals surface area contributed by atoms with Crippen molar-refractivity contribution in [2.75, 3.05) is 18.6 Å². The molecule has 0 aliphatic carbocycles. The molecule has 3 aromatic rings. The van der Waals surface area contributed by atoms with Gasteiger partial charge in [-0.05, 0) is 49.2 Å². The molecule has 1 saturated heterocycles. The maximum absolute atomic E-state index is 13.2. The monoisotopic (exact) mass is 493 g/mol. The fraction of sp³-hybridized carbons (Fsp3) is 0.240. The number of aryl methyl sites for hydroxylation is 1. The number of methoxy groups -OCH3 is 1. The summed E-state index contributed by atoms with van der Waals surface area (Å²) < 4.78 is 10.4. The molecule has 1 atom stereocenters. The molecule has 0 bridgehead atoms. The largest absolute Gasteiger partial charge is 0.507 e. The Morgan fingerprint density at radius 3 is 2.57 bits per heavy atom. The summed E-state index contributed by atoms with van der Waals surface area (Å²) in [5, 5.41) is 11.3. The third-order valence-corrected chi connectivity index (χ3v) is 6.54. The summed E-state index contributed by atoms with van der Waals surface area (Å²) in [5.41, 5.74) is 1.12. The van der Waals surface area contributed by atoms with Crippen molar-refractivity contribution < 1.29 is 29.0 Å². The second-order valence-electron chi connectivity index (χ2n) is 7.73. The highest BCUT2D eigenvalue weighted by atomic mass is 32.1. The van der Waals surface area contributed by atoms with Crippen molar-refractivity contribution in [1.29, 1.82) is 0 Å². The lowest BCUT2D eigenvalue weighted by atomic mass is 9.96. The summed E-state index contributed by atoms with van der Waals surface area (Å²) in [6.45, 7) is 4.16. The number of ketones is 1. The zero-order valence-corrected chi connectivity index (χ0v) is 20.2. The second-order valence-corrected chi connectivity index (χ2v) is 8.71. The number of anilines is 1. The third kappa shape index (κ3) is 4.52. The van der Waals surface area contributed by atoms with Crippen LogP contribution in [-0.2, 0) is 14.3 Å². The molecule has 35 heavy (non-hydrogen) atoms. The van der Waals surface area contributed by atoms with Crippen LogP contribution in [0, 0.1) is 6.92 Å². The molecule has 1 aliphatic heterocycles. The van der Waals surface area contributed by atoms with Gasteiger partial charge in [-0.3, -0.25) is 19.5 Å². The lowest BCUT2D eigenvalue weighted by molar-refractivity contribution is -0.132. The van der Waals surface area contributed by atoms with Gasteiger partial charge in [-0.15, -0.1) is 0 Å². The SMILES string of the molecule is CCCOc1ccc(C(O)=C2C(=O)C(=O)N(c3nc(C)c(C(=O)OC)s3)C2c2cccnc2)cc1. The number of carbonyl (C=O) groups excluding carboxylic acids is 3. The Kier molecular flexibility index (Phi) is 6.92. The standard InChI is InChI=1S/C25H23N3O6S/c1-4-12-34-17-9-7-15(8-10-17)20(29)18-19(16-6-5-11-26-13-16)28(23(31)21(18)30)25-27-14(2)22(35-25)24(32)33-3/h5-11,13,19,29H,4,12H2,1-3H3. The van der Waals surface area contributed by atoms with E-state index in [0.29, 0.717) is 29.2 Å². The normalized spacial score (nSPS) is 17.0. The number of hydrogen-bond donors (Lipinski definition) is 1. The molecule has 1 aliphatic rings. The first kappa shape index (κ1) is 24.1. The molecule has 2 aromatic heterocycles. The van der Waals surface area contributed by atoms with Crippen molar-refractivity contribution >= 4 is 39.9 Å². The highest BCUT2D eigenvalue weighted by molar-refractivity contribution is 7.17. The van der Waals surface area contributed by atoms with Crippen LogP contribution in [-0.4, -0.2) is 46.5 Å². The van der Waals surface area contributed by atoms with Crippen molar-refractivity contribution in [3.8, 4) is 5.75 Å². The van der Waals surface area contributed by atoms with Crippen LogP contribution in [0.4, 0.5) is 5.13 Å². The van der Waals surface area contributed by atoms with Gasteiger partial charge in [0, 0.05) is 18.0 Å². The van der Waals surface area contributed by atoms with E-state index in [0.717, 1.165) is 17.8 Å². The van der Waals surface area contributed by atoms with E-state index in [9.17, 15) is 19.5 Å². The minimum atomic E-state index is -0.990. The molecule has 1 amide bonds. The zero-order valence-electron chi connectivity index (χ0n) is 19.3. The molecule has 0 radical (unpaired) electrons. The van der Waals surface area contributed by atoms with Crippen molar-refractivity contribution in [2.45, 2.75) is 26.3 Å². The van der Waals surface area contributed by atoms with Gasteiger partial charge in [0.25, 0.3) is 5.78 Å². The van der Waals surface area contributed by atoms with Crippen LogP contribution in [0.1, 0.15) is 45.9 Å². The Labute approximate surface area is 205 Å². The molecule has 180 valence electrons. The van der Waals surface area contributed by atoms with Gasteiger partial charge in [-0.2, -0.15) is 0 Å². The number of rotatable bonds is 7. The summed E-state index contributed by atoms with van der Waals surface area (Å²) in [4.78, 5) is 48.4.